The largest absolute Gasteiger partial charge is 0.396 e. The van der Waals surface area contributed by atoms with Crippen molar-refractivity contribution < 1.29 is 9.18 Å². The summed E-state index contributed by atoms with van der Waals surface area (Å²) in [6, 6.07) is 7.92. The number of nitrogens with one attached hydrogen (secondary N) is 1. The van der Waals surface area contributed by atoms with Gasteiger partial charge < -0.3 is 5.73 Å². The van der Waals surface area contributed by atoms with Crippen molar-refractivity contribution in [1.82, 2.24) is 4.68 Å². The van der Waals surface area contributed by atoms with Crippen molar-refractivity contribution in [2.24, 2.45) is 0 Å². The van der Waals surface area contributed by atoms with Gasteiger partial charge in [-0.3, -0.25) is 14.9 Å². The average molecular weight is 247 g/mol. The molecule has 0 aliphatic rings. The van der Waals surface area contributed by atoms with Crippen LogP contribution in [0.25, 0.3) is 0 Å². The number of aryl methyl sites for hydroxylation is 2. The molecule has 5 heteroatoms. The lowest BCUT2D eigenvalue weighted by Crippen LogP contribution is -2.25. The third kappa shape index (κ3) is 2.07. The molecule has 1 aromatic heterocycles. The molecule has 1 aromatic carbocycles. The zero-order valence-electron chi connectivity index (χ0n) is 10.2. The average Bonchev–Trinajstić information content (AvgIpc) is 2.64. The van der Waals surface area contributed by atoms with Crippen LogP contribution in [0.15, 0.2) is 30.3 Å². The number of para-hydroxylation sites is 1. The lowest BCUT2D eigenvalue weighted by Gasteiger charge is -2.12. The van der Waals surface area contributed by atoms with Gasteiger partial charge in [0.1, 0.15) is 5.82 Å². The Morgan fingerprint density at radius 2 is 1.83 bits per heavy atom. The highest BCUT2D eigenvalue weighted by Gasteiger charge is 2.13. The first kappa shape index (κ1) is 12.2. The zero-order valence-corrected chi connectivity index (χ0v) is 10.2. The van der Waals surface area contributed by atoms with Crippen molar-refractivity contribution in [2.75, 3.05) is 11.2 Å². The van der Waals surface area contributed by atoms with Crippen LogP contribution in [-0.4, -0.2) is 10.6 Å². The van der Waals surface area contributed by atoms with E-state index in [0.717, 1.165) is 11.4 Å². The molecule has 0 saturated heterocycles. The third-order valence-electron chi connectivity index (χ3n) is 2.78. The summed E-state index contributed by atoms with van der Waals surface area (Å²) >= 11 is 0. The predicted molar refractivity (Wildman–Crippen MR) is 68.4 cm³/mol. The Balaban J connectivity index is 2.31. The van der Waals surface area contributed by atoms with Gasteiger partial charge in [-0.2, -0.15) is 0 Å². The van der Waals surface area contributed by atoms with Gasteiger partial charge in [-0.15, -0.1) is 0 Å². The Kier molecular flexibility index (Phi) is 3.06. The number of nitrogen functional groups attached to an aromatic ring is 1. The molecule has 3 N–H and O–H groups in total. The van der Waals surface area contributed by atoms with Gasteiger partial charge in [0.2, 0.25) is 0 Å². The second-order valence-corrected chi connectivity index (χ2v) is 4.09. The highest BCUT2D eigenvalue weighted by atomic mass is 19.1. The summed E-state index contributed by atoms with van der Waals surface area (Å²) in [5, 5.41) is 0. The molecule has 0 saturated carbocycles. The monoisotopic (exact) mass is 247 g/mol. The SMILES string of the molecule is Cc1ccc(C)n1NC(=O)c1cccc(F)c1N. The van der Waals surface area contributed by atoms with E-state index in [9.17, 15) is 9.18 Å². The van der Waals surface area contributed by atoms with Crippen LogP contribution in [-0.2, 0) is 0 Å². The molecule has 0 aliphatic carbocycles. The third-order valence-corrected chi connectivity index (χ3v) is 2.78. The minimum absolute atomic E-state index is 0.127. The predicted octanol–water partition coefficient (Wildman–Crippen LogP) is 2.21. The quantitative estimate of drug-likeness (QED) is 0.799. The first-order valence-corrected chi connectivity index (χ1v) is 5.51. The van der Waals surface area contributed by atoms with E-state index in [-0.39, 0.29) is 11.3 Å². The van der Waals surface area contributed by atoms with Crippen LogP contribution in [0, 0.1) is 19.7 Å². The minimum Gasteiger partial charge on any atom is -0.396 e. The summed E-state index contributed by atoms with van der Waals surface area (Å²) in [5.41, 5.74) is 9.97. The number of nitrogens with zero attached hydrogens (tertiary/aromatic N) is 1. The molecule has 1 amide bonds. The van der Waals surface area contributed by atoms with E-state index in [1.165, 1.54) is 18.2 Å². The minimum atomic E-state index is -0.594. The van der Waals surface area contributed by atoms with Crippen LogP contribution in [0.3, 0.4) is 0 Å². The van der Waals surface area contributed by atoms with Crippen LogP contribution in [0.1, 0.15) is 21.7 Å². The van der Waals surface area contributed by atoms with E-state index in [4.69, 9.17) is 5.73 Å². The number of carbonyl (C=O) groups excluding carboxylic acids is 1. The molecule has 0 fully saturated rings. The number of nitrogens with two attached hydrogens (primary N) is 1. The fourth-order valence-electron chi connectivity index (χ4n) is 1.74. The fourth-order valence-corrected chi connectivity index (χ4v) is 1.74. The Bertz CT molecular complexity index is 585. The maximum Gasteiger partial charge on any atom is 0.272 e. The van der Waals surface area contributed by atoms with Gasteiger partial charge in [0.05, 0.1) is 11.3 Å². The first-order chi connectivity index (χ1) is 8.50. The standard InChI is InChI=1S/C13H14FN3O/c1-8-6-7-9(2)17(8)16-13(18)10-4-3-5-11(14)12(10)15/h3-7H,15H2,1-2H3,(H,16,18). The van der Waals surface area contributed by atoms with Gasteiger partial charge in [-0.25, -0.2) is 4.39 Å². The Morgan fingerprint density at radius 1 is 1.22 bits per heavy atom. The Hall–Kier alpha value is -2.30. The molecule has 1 heterocycles. The second kappa shape index (κ2) is 4.52. The van der Waals surface area contributed by atoms with Crippen LogP contribution in [0.2, 0.25) is 0 Å². The molecular weight excluding hydrogens is 233 g/mol. The van der Waals surface area contributed by atoms with E-state index < -0.39 is 11.7 Å². The highest BCUT2D eigenvalue weighted by molar-refractivity contribution is 6.04. The molecule has 94 valence electrons. The molecule has 0 bridgehead atoms. The lowest BCUT2D eigenvalue weighted by atomic mass is 10.1. The summed E-state index contributed by atoms with van der Waals surface area (Å²) in [6.07, 6.45) is 0. The van der Waals surface area contributed by atoms with E-state index in [0.29, 0.717) is 0 Å². The van der Waals surface area contributed by atoms with Crippen LogP contribution in [0.5, 0.6) is 0 Å². The zero-order chi connectivity index (χ0) is 13.3. The fraction of sp³-hybridized carbons (Fsp3) is 0.154. The molecule has 2 aromatic rings. The second-order valence-electron chi connectivity index (χ2n) is 4.09. The highest BCUT2D eigenvalue weighted by Crippen LogP contribution is 2.16. The van der Waals surface area contributed by atoms with Crippen molar-refractivity contribution in [1.29, 1.82) is 0 Å². The number of aromatic nitrogens is 1. The smallest absolute Gasteiger partial charge is 0.272 e. The lowest BCUT2D eigenvalue weighted by molar-refractivity contribution is 0.101. The van der Waals surface area contributed by atoms with E-state index in [2.05, 4.69) is 5.43 Å². The molecule has 0 atom stereocenters. The van der Waals surface area contributed by atoms with Gasteiger partial charge >= 0.3 is 0 Å². The summed E-state index contributed by atoms with van der Waals surface area (Å²) in [4.78, 5) is 12.0. The number of halogens is 1. The first-order valence-electron chi connectivity index (χ1n) is 5.51. The number of hydrogen-bond acceptors (Lipinski definition) is 2. The van der Waals surface area contributed by atoms with Gasteiger partial charge in [0, 0.05) is 11.4 Å². The number of rotatable bonds is 2. The van der Waals surface area contributed by atoms with Gasteiger partial charge in [-0.05, 0) is 38.1 Å². The molecule has 0 radical (unpaired) electrons. The van der Waals surface area contributed by atoms with Crippen molar-refractivity contribution >= 4 is 11.6 Å². The topological polar surface area (TPSA) is 60.0 Å². The maximum atomic E-state index is 13.3. The molecule has 0 spiro atoms. The number of benzene rings is 1. The molecule has 2 rings (SSSR count). The van der Waals surface area contributed by atoms with Crippen LogP contribution < -0.4 is 11.2 Å². The van der Waals surface area contributed by atoms with E-state index >= 15 is 0 Å². The molecule has 0 aliphatic heterocycles. The summed E-state index contributed by atoms with van der Waals surface area (Å²) in [7, 11) is 0. The molecule has 0 unspecified atom stereocenters. The molecular formula is C13H14FN3O. The Morgan fingerprint density at radius 3 is 2.44 bits per heavy atom. The van der Waals surface area contributed by atoms with Crippen molar-refractivity contribution in [3.8, 4) is 0 Å². The van der Waals surface area contributed by atoms with Gasteiger partial charge in [0.15, 0.2) is 0 Å². The van der Waals surface area contributed by atoms with E-state index in [1.807, 2.05) is 26.0 Å². The van der Waals surface area contributed by atoms with Crippen molar-refractivity contribution in [2.45, 2.75) is 13.8 Å². The number of carbonyl (C=O) groups is 1. The summed E-state index contributed by atoms with van der Waals surface area (Å²) in [5.74, 6) is -1.03. The maximum absolute atomic E-state index is 13.3. The van der Waals surface area contributed by atoms with Crippen molar-refractivity contribution in [3.63, 3.8) is 0 Å². The Labute approximate surface area is 104 Å². The van der Waals surface area contributed by atoms with Crippen LogP contribution in [0.4, 0.5) is 10.1 Å². The normalized spacial score (nSPS) is 10.4. The molecule has 4 nitrogen and oxygen atoms in total. The molecule has 18 heavy (non-hydrogen) atoms. The van der Waals surface area contributed by atoms with Gasteiger partial charge in [-0.1, -0.05) is 6.07 Å². The van der Waals surface area contributed by atoms with Crippen molar-refractivity contribution in [3.05, 3.63) is 53.1 Å². The number of anilines is 1. The summed E-state index contributed by atoms with van der Waals surface area (Å²) < 4.78 is 14.9. The number of hydrogen-bond donors (Lipinski definition) is 2. The van der Waals surface area contributed by atoms with Gasteiger partial charge in [0.25, 0.3) is 5.91 Å². The number of amides is 1. The van der Waals surface area contributed by atoms with Crippen LogP contribution >= 0.6 is 0 Å². The summed E-state index contributed by atoms with van der Waals surface area (Å²) in [6.45, 7) is 3.73. The van der Waals surface area contributed by atoms with E-state index in [1.54, 1.807) is 4.68 Å².